The highest BCUT2D eigenvalue weighted by atomic mass is 14.6. The van der Waals surface area contributed by atoms with Gasteiger partial charge in [-0.05, 0) is 64.1 Å². The molecule has 2 nitrogen and oxygen atoms in total. The van der Waals surface area contributed by atoms with E-state index in [1.54, 1.807) is 0 Å². The minimum atomic E-state index is 0.886. The lowest BCUT2D eigenvalue weighted by molar-refractivity contribution is 1.19. The van der Waals surface area contributed by atoms with Crippen LogP contribution >= 0.6 is 0 Å². The van der Waals surface area contributed by atoms with E-state index in [9.17, 15) is 0 Å². The van der Waals surface area contributed by atoms with Gasteiger partial charge in [0.15, 0.2) is 0 Å². The summed E-state index contributed by atoms with van der Waals surface area (Å²) in [5.41, 5.74) is 7.55. The molecule has 2 heterocycles. The lowest BCUT2D eigenvalue weighted by atomic mass is 9.91. The monoisotopic (exact) mass is 322 g/mol. The molecule has 2 aromatic carbocycles. The highest BCUT2D eigenvalue weighted by Crippen LogP contribution is 2.29. The van der Waals surface area contributed by atoms with Crippen molar-refractivity contribution in [3.05, 3.63) is 109 Å². The van der Waals surface area contributed by atoms with Crippen molar-refractivity contribution in [1.29, 1.82) is 0 Å². The second kappa shape index (κ2) is 7.10. The summed E-state index contributed by atoms with van der Waals surface area (Å²) in [4.78, 5) is 8.26. The van der Waals surface area contributed by atoms with Crippen LogP contribution in [-0.2, 0) is 6.42 Å². The van der Waals surface area contributed by atoms with Crippen molar-refractivity contribution in [2.45, 2.75) is 6.42 Å². The largest absolute Gasteiger partial charge is 0.265 e. The molecule has 120 valence electrons. The molecule has 4 rings (SSSR count). The van der Waals surface area contributed by atoms with Gasteiger partial charge in [0.25, 0.3) is 0 Å². The first kappa shape index (κ1) is 15.3. The van der Waals surface area contributed by atoms with Crippen LogP contribution in [0.2, 0.25) is 0 Å². The summed E-state index contributed by atoms with van der Waals surface area (Å²) >= 11 is 0. The summed E-state index contributed by atoms with van der Waals surface area (Å²) in [7, 11) is 0. The SMILES string of the molecule is c1ccc(-c2ccncc2)c(Cc2ccccc2-c2ccncc2)c1. The van der Waals surface area contributed by atoms with Gasteiger partial charge in [-0.3, -0.25) is 9.97 Å². The zero-order valence-electron chi connectivity index (χ0n) is 13.8. The van der Waals surface area contributed by atoms with Crippen molar-refractivity contribution in [2.24, 2.45) is 0 Å². The Kier molecular flexibility index (Phi) is 4.34. The van der Waals surface area contributed by atoms with Crippen LogP contribution in [0, 0.1) is 0 Å². The summed E-state index contributed by atoms with van der Waals surface area (Å²) < 4.78 is 0. The van der Waals surface area contributed by atoms with Gasteiger partial charge in [0.05, 0.1) is 0 Å². The summed E-state index contributed by atoms with van der Waals surface area (Å²) in [6.45, 7) is 0. The highest BCUT2D eigenvalue weighted by Gasteiger charge is 2.09. The van der Waals surface area contributed by atoms with E-state index in [2.05, 4.69) is 82.8 Å². The Morgan fingerprint density at radius 1 is 0.480 bits per heavy atom. The maximum atomic E-state index is 4.13. The van der Waals surface area contributed by atoms with E-state index in [4.69, 9.17) is 0 Å². The van der Waals surface area contributed by atoms with Crippen LogP contribution in [-0.4, -0.2) is 9.97 Å². The van der Waals surface area contributed by atoms with Crippen LogP contribution in [0.1, 0.15) is 11.1 Å². The predicted octanol–water partition coefficient (Wildman–Crippen LogP) is 5.40. The number of aromatic nitrogens is 2. The van der Waals surface area contributed by atoms with E-state index in [-0.39, 0.29) is 0 Å². The maximum Gasteiger partial charge on any atom is 0.0273 e. The highest BCUT2D eigenvalue weighted by molar-refractivity contribution is 5.71. The quantitative estimate of drug-likeness (QED) is 0.502. The molecular formula is C23H18N2. The standard InChI is InChI=1S/C23H18N2/c1-3-7-22(18-9-13-24-14-10-18)20(5-1)17-21-6-2-4-8-23(21)19-11-15-25-16-12-19/h1-16H,17H2. The maximum absolute atomic E-state index is 4.13. The first-order valence-corrected chi connectivity index (χ1v) is 8.38. The van der Waals surface area contributed by atoms with Crippen LogP contribution in [0.3, 0.4) is 0 Å². The summed E-state index contributed by atoms with van der Waals surface area (Å²) in [5.74, 6) is 0. The number of rotatable bonds is 4. The zero-order valence-corrected chi connectivity index (χ0v) is 13.8. The van der Waals surface area contributed by atoms with Crippen molar-refractivity contribution in [1.82, 2.24) is 9.97 Å². The number of benzene rings is 2. The molecule has 0 bridgehead atoms. The van der Waals surface area contributed by atoms with Crippen molar-refractivity contribution >= 4 is 0 Å². The summed E-state index contributed by atoms with van der Waals surface area (Å²) in [6.07, 6.45) is 8.26. The lowest BCUT2D eigenvalue weighted by Crippen LogP contribution is -1.95. The minimum Gasteiger partial charge on any atom is -0.265 e. The fourth-order valence-corrected chi connectivity index (χ4v) is 3.18. The molecule has 0 aliphatic heterocycles. The molecule has 0 saturated heterocycles. The number of hydrogen-bond acceptors (Lipinski definition) is 2. The van der Waals surface area contributed by atoms with Crippen molar-refractivity contribution in [3.8, 4) is 22.3 Å². The van der Waals surface area contributed by atoms with E-state index < -0.39 is 0 Å². The van der Waals surface area contributed by atoms with E-state index in [1.165, 1.54) is 33.4 Å². The van der Waals surface area contributed by atoms with Gasteiger partial charge in [-0.2, -0.15) is 0 Å². The summed E-state index contributed by atoms with van der Waals surface area (Å²) in [5, 5.41) is 0. The third kappa shape index (κ3) is 3.33. The molecule has 0 fully saturated rings. The van der Waals surface area contributed by atoms with Gasteiger partial charge in [-0.25, -0.2) is 0 Å². The van der Waals surface area contributed by atoms with Crippen molar-refractivity contribution < 1.29 is 0 Å². The van der Waals surface area contributed by atoms with Crippen LogP contribution in [0.5, 0.6) is 0 Å². The van der Waals surface area contributed by atoms with Gasteiger partial charge in [0, 0.05) is 24.8 Å². The first-order chi connectivity index (χ1) is 12.4. The van der Waals surface area contributed by atoms with Crippen LogP contribution < -0.4 is 0 Å². The number of nitrogens with zero attached hydrogens (tertiary/aromatic N) is 2. The number of pyridine rings is 2. The minimum absolute atomic E-state index is 0.886. The third-order valence-corrected chi connectivity index (χ3v) is 4.40. The molecule has 2 heteroatoms. The zero-order chi connectivity index (χ0) is 16.9. The lowest BCUT2D eigenvalue weighted by Gasteiger charge is -2.13. The third-order valence-electron chi connectivity index (χ3n) is 4.40. The average Bonchev–Trinajstić information content (AvgIpc) is 2.70. The van der Waals surface area contributed by atoms with Crippen LogP contribution in [0.15, 0.2) is 97.6 Å². The van der Waals surface area contributed by atoms with E-state index in [1.807, 2.05) is 24.8 Å². The molecule has 0 aliphatic carbocycles. The van der Waals surface area contributed by atoms with E-state index in [0.717, 1.165) is 6.42 Å². The molecule has 0 atom stereocenters. The molecule has 25 heavy (non-hydrogen) atoms. The van der Waals surface area contributed by atoms with Gasteiger partial charge < -0.3 is 0 Å². The Labute approximate surface area is 147 Å². The Morgan fingerprint density at radius 3 is 1.32 bits per heavy atom. The number of hydrogen-bond donors (Lipinski definition) is 0. The van der Waals surface area contributed by atoms with Crippen LogP contribution in [0.4, 0.5) is 0 Å². The average molecular weight is 322 g/mol. The van der Waals surface area contributed by atoms with Crippen LogP contribution in [0.25, 0.3) is 22.3 Å². The summed E-state index contributed by atoms with van der Waals surface area (Å²) in [6, 6.07) is 25.4. The molecule has 4 aromatic rings. The smallest absolute Gasteiger partial charge is 0.0273 e. The molecule has 0 aliphatic rings. The molecule has 0 radical (unpaired) electrons. The Hall–Kier alpha value is -3.26. The second-order valence-electron chi connectivity index (χ2n) is 5.96. The fourth-order valence-electron chi connectivity index (χ4n) is 3.18. The molecule has 2 aromatic heterocycles. The molecule has 0 saturated carbocycles. The molecule has 0 unspecified atom stereocenters. The normalized spacial score (nSPS) is 10.6. The van der Waals surface area contributed by atoms with Crippen molar-refractivity contribution in [3.63, 3.8) is 0 Å². The predicted molar refractivity (Wildman–Crippen MR) is 102 cm³/mol. The van der Waals surface area contributed by atoms with Gasteiger partial charge in [-0.1, -0.05) is 48.5 Å². The molecular weight excluding hydrogens is 304 g/mol. The second-order valence-corrected chi connectivity index (χ2v) is 5.96. The van der Waals surface area contributed by atoms with Gasteiger partial charge >= 0.3 is 0 Å². The van der Waals surface area contributed by atoms with Gasteiger partial charge in [0.1, 0.15) is 0 Å². The molecule has 0 spiro atoms. The molecule has 0 amide bonds. The van der Waals surface area contributed by atoms with E-state index in [0.29, 0.717) is 0 Å². The topological polar surface area (TPSA) is 25.8 Å². The Balaban J connectivity index is 1.76. The Bertz CT molecular complexity index is 882. The van der Waals surface area contributed by atoms with Crippen molar-refractivity contribution in [2.75, 3.05) is 0 Å². The Morgan fingerprint density at radius 2 is 0.880 bits per heavy atom. The van der Waals surface area contributed by atoms with Gasteiger partial charge in [-0.15, -0.1) is 0 Å². The molecule has 0 N–H and O–H groups in total. The van der Waals surface area contributed by atoms with E-state index >= 15 is 0 Å². The van der Waals surface area contributed by atoms with Gasteiger partial charge in [0.2, 0.25) is 0 Å². The first-order valence-electron chi connectivity index (χ1n) is 8.38. The fraction of sp³-hybridized carbons (Fsp3) is 0.0435.